The van der Waals surface area contributed by atoms with Crippen LogP contribution in [-0.2, 0) is 0 Å². The normalized spacial score (nSPS) is 14.8. The Kier molecular flexibility index (Phi) is 8.59. The first-order valence-electron chi connectivity index (χ1n) is 5.37. The van der Waals surface area contributed by atoms with Crippen LogP contribution in [0.15, 0.2) is 23.8 Å². The van der Waals surface area contributed by atoms with Crippen LogP contribution in [0.25, 0.3) is 0 Å². The summed E-state index contributed by atoms with van der Waals surface area (Å²) < 4.78 is 0. The van der Waals surface area contributed by atoms with Gasteiger partial charge in [0.15, 0.2) is 0 Å². The minimum atomic E-state index is 0.191. The molecule has 0 saturated carbocycles. The summed E-state index contributed by atoms with van der Waals surface area (Å²) in [6.45, 7) is 5.37. The van der Waals surface area contributed by atoms with E-state index in [4.69, 9.17) is 10.8 Å². The molecule has 1 aliphatic rings. The number of aliphatic hydroxyl groups is 1. The summed E-state index contributed by atoms with van der Waals surface area (Å²) in [5, 5.41) is 8.57. The van der Waals surface area contributed by atoms with Gasteiger partial charge in [-0.2, -0.15) is 0 Å². The van der Waals surface area contributed by atoms with Crippen LogP contribution < -0.4 is 5.73 Å². The van der Waals surface area contributed by atoms with Gasteiger partial charge in [0.1, 0.15) is 0 Å². The molecule has 82 valence electrons. The molecule has 2 heteroatoms. The van der Waals surface area contributed by atoms with Crippen molar-refractivity contribution in [3.63, 3.8) is 0 Å². The van der Waals surface area contributed by atoms with Gasteiger partial charge in [0.05, 0.1) is 6.61 Å². The van der Waals surface area contributed by atoms with E-state index in [0.717, 1.165) is 37.3 Å². The molecule has 2 nitrogen and oxygen atoms in total. The van der Waals surface area contributed by atoms with Gasteiger partial charge in [-0.05, 0) is 37.3 Å². The Morgan fingerprint density at radius 3 is 2.36 bits per heavy atom. The Bertz CT molecular complexity index is 183. The maximum atomic E-state index is 8.57. The molecule has 0 saturated heterocycles. The largest absolute Gasteiger partial charge is 0.392 e. The maximum absolute atomic E-state index is 8.57. The molecule has 0 heterocycles. The smallest absolute Gasteiger partial charge is 0.0678 e. The molecule has 0 unspecified atom stereocenters. The third-order valence-corrected chi connectivity index (χ3v) is 2.00. The third kappa shape index (κ3) is 8.02. The fourth-order valence-electron chi connectivity index (χ4n) is 1.12. The standard InChI is InChI=1S/C7H10O.C5H13N/c8-6-7-4-2-1-3-5-7;1-5(2)3-4-6/h2,4-5,8H,1,3,6H2;5H,3-4,6H2,1-2H3. The average molecular weight is 197 g/mol. The molecule has 0 aromatic carbocycles. The SMILES string of the molecule is CC(C)CCN.OCC1=CCCC=C1. The van der Waals surface area contributed by atoms with E-state index >= 15 is 0 Å². The zero-order chi connectivity index (χ0) is 10.8. The van der Waals surface area contributed by atoms with Gasteiger partial charge in [0, 0.05) is 0 Å². The fourth-order valence-corrected chi connectivity index (χ4v) is 1.12. The number of nitrogens with two attached hydrogens (primary N) is 1. The number of hydrogen-bond acceptors (Lipinski definition) is 2. The van der Waals surface area contributed by atoms with Crippen molar-refractivity contribution in [3.05, 3.63) is 23.8 Å². The Balaban J connectivity index is 0.000000255. The Labute approximate surface area is 87.5 Å². The molecule has 0 radical (unpaired) electrons. The van der Waals surface area contributed by atoms with Crippen LogP contribution in [-0.4, -0.2) is 18.3 Å². The van der Waals surface area contributed by atoms with Crippen molar-refractivity contribution in [1.82, 2.24) is 0 Å². The summed E-state index contributed by atoms with van der Waals surface area (Å²) in [5.74, 6) is 0.773. The topological polar surface area (TPSA) is 46.2 Å². The second-order valence-electron chi connectivity index (χ2n) is 3.89. The van der Waals surface area contributed by atoms with Gasteiger partial charge in [-0.25, -0.2) is 0 Å². The highest BCUT2D eigenvalue weighted by Gasteiger charge is 1.92. The van der Waals surface area contributed by atoms with Gasteiger partial charge in [0.2, 0.25) is 0 Å². The van der Waals surface area contributed by atoms with Gasteiger partial charge < -0.3 is 10.8 Å². The molecule has 0 amide bonds. The zero-order valence-electron chi connectivity index (χ0n) is 9.37. The molecule has 1 rings (SSSR count). The van der Waals surface area contributed by atoms with Crippen LogP contribution in [0.4, 0.5) is 0 Å². The summed E-state index contributed by atoms with van der Waals surface area (Å²) in [6, 6.07) is 0. The van der Waals surface area contributed by atoms with Crippen LogP contribution in [0.3, 0.4) is 0 Å². The summed E-state index contributed by atoms with van der Waals surface area (Å²) in [5.41, 5.74) is 6.28. The molecule has 0 atom stereocenters. The van der Waals surface area contributed by atoms with Crippen LogP contribution in [0.2, 0.25) is 0 Å². The maximum Gasteiger partial charge on any atom is 0.0678 e. The van der Waals surface area contributed by atoms with Crippen LogP contribution >= 0.6 is 0 Å². The van der Waals surface area contributed by atoms with Crippen LogP contribution in [0.5, 0.6) is 0 Å². The first-order chi connectivity index (χ1) is 6.70. The Hall–Kier alpha value is -0.600. The van der Waals surface area contributed by atoms with Crippen molar-refractivity contribution in [2.45, 2.75) is 33.1 Å². The highest BCUT2D eigenvalue weighted by molar-refractivity contribution is 5.21. The van der Waals surface area contributed by atoms with E-state index in [1.54, 1.807) is 0 Å². The monoisotopic (exact) mass is 197 g/mol. The summed E-state index contributed by atoms with van der Waals surface area (Å²) >= 11 is 0. The lowest BCUT2D eigenvalue weighted by molar-refractivity contribution is 0.334. The predicted molar refractivity (Wildman–Crippen MR) is 62.1 cm³/mol. The van der Waals surface area contributed by atoms with Crippen molar-refractivity contribution in [3.8, 4) is 0 Å². The molecular formula is C12H23NO. The van der Waals surface area contributed by atoms with Gasteiger partial charge in [-0.15, -0.1) is 0 Å². The van der Waals surface area contributed by atoms with Gasteiger partial charge in [-0.3, -0.25) is 0 Å². The Morgan fingerprint density at radius 1 is 1.43 bits per heavy atom. The van der Waals surface area contributed by atoms with E-state index in [0.29, 0.717) is 0 Å². The van der Waals surface area contributed by atoms with Gasteiger partial charge in [-0.1, -0.05) is 32.1 Å². The Morgan fingerprint density at radius 2 is 2.14 bits per heavy atom. The molecule has 0 bridgehead atoms. The fraction of sp³-hybridized carbons (Fsp3) is 0.667. The van der Waals surface area contributed by atoms with E-state index < -0.39 is 0 Å². The lowest BCUT2D eigenvalue weighted by Gasteiger charge is -2.00. The average Bonchev–Trinajstić information content (AvgIpc) is 2.20. The molecule has 3 N–H and O–H groups in total. The third-order valence-electron chi connectivity index (χ3n) is 2.00. The van der Waals surface area contributed by atoms with Crippen molar-refractivity contribution in [2.75, 3.05) is 13.2 Å². The molecule has 0 fully saturated rings. The van der Waals surface area contributed by atoms with Crippen LogP contribution in [0, 0.1) is 5.92 Å². The van der Waals surface area contributed by atoms with E-state index in [1.165, 1.54) is 0 Å². The van der Waals surface area contributed by atoms with Crippen molar-refractivity contribution >= 4 is 0 Å². The summed E-state index contributed by atoms with van der Waals surface area (Å²) in [6.07, 6.45) is 9.50. The zero-order valence-corrected chi connectivity index (χ0v) is 9.37. The lowest BCUT2D eigenvalue weighted by Crippen LogP contribution is -2.01. The number of hydrogen-bond donors (Lipinski definition) is 2. The minimum Gasteiger partial charge on any atom is -0.392 e. The molecular weight excluding hydrogens is 174 g/mol. The van der Waals surface area contributed by atoms with Crippen LogP contribution in [0.1, 0.15) is 33.1 Å². The van der Waals surface area contributed by atoms with Crippen molar-refractivity contribution in [2.24, 2.45) is 11.7 Å². The van der Waals surface area contributed by atoms with E-state index in [2.05, 4.69) is 26.0 Å². The number of rotatable bonds is 3. The molecule has 1 aliphatic carbocycles. The minimum absolute atomic E-state index is 0.191. The second kappa shape index (κ2) is 8.97. The first-order valence-corrected chi connectivity index (χ1v) is 5.37. The summed E-state index contributed by atoms with van der Waals surface area (Å²) in [7, 11) is 0. The highest BCUT2D eigenvalue weighted by atomic mass is 16.3. The quantitative estimate of drug-likeness (QED) is 0.729. The predicted octanol–water partition coefficient (Wildman–Crippen LogP) is 2.25. The lowest BCUT2D eigenvalue weighted by atomic mass is 10.1. The molecule has 0 spiro atoms. The molecule has 0 aromatic rings. The highest BCUT2D eigenvalue weighted by Crippen LogP contribution is 2.07. The second-order valence-corrected chi connectivity index (χ2v) is 3.89. The molecule has 0 aliphatic heterocycles. The van der Waals surface area contributed by atoms with Crippen molar-refractivity contribution in [1.29, 1.82) is 0 Å². The number of allylic oxidation sites excluding steroid dienone is 2. The van der Waals surface area contributed by atoms with Gasteiger partial charge >= 0.3 is 0 Å². The molecule has 0 aromatic heterocycles. The van der Waals surface area contributed by atoms with E-state index in [-0.39, 0.29) is 6.61 Å². The van der Waals surface area contributed by atoms with E-state index in [1.807, 2.05) is 6.08 Å². The number of aliphatic hydroxyl groups excluding tert-OH is 1. The van der Waals surface area contributed by atoms with Gasteiger partial charge in [0.25, 0.3) is 0 Å². The van der Waals surface area contributed by atoms with E-state index in [9.17, 15) is 0 Å². The molecule has 14 heavy (non-hydrogen) atoms. The van der Waals surface area contributed by atoms with Crippen molar-refractivity contribution < 1.29 is 5.11 Å². The first kappa shape index (κ1) is 13.4. The summed E-state index contributed by atoms with van der Waals surface area (Å²) in [4.78, 5) is 0.